The Labute approximate surface area is 133 Å². The Morgan fingerprint density at radius 1 is 1.24 bits per heavy atom. The van der Waals surface area contributed by atoms with E-state index >= 15 is 0 Å². The fraction of sp³-hybridized carbons (Fsp3) is 0.353. The van der Waals surface area contributed by atoms with Crippen LogP contribution in [0, 0.1) is 0 Å². The number of methoxy groups -OCH3 is 1. The van der Waals surface area contributed by atoms with Crippen molar-refractivity contribution in [2.45, 2.75) is 31.3 Å². The van der Waals surface area contributed by atoms with Crippen LogP contribution in [0.15, 0.2) is 47.1 Å². The van der Waals surface area contributed by atoms with Crippen LogP contribution in [-0.4, -0.2) is 18.1 Å². The summed E-state index contributed by atoms with van der Waals surface area (Å²) in [6, 6.07) is 13.1. The van der Waals surface area contributed by atoms with E-state index < -0.39 is 0 Å². The summed E-state index contributed by atoms with van der Waals surface area (Å²) in [6.45, 7) is 0.810. The maximum absolute atomic E-state index is 5.28. The molecule has 0 aliphatic heterocycles. The van der Waals surface area contributed by atoms with E-state index in [1.54, 1.807) is 13.3 Å². The lowest BCUT2D eigenvalue weighted by atomic mass is 9.76. The molecular formula is C17H19BrN2O. The third kappa shape index (κ3) is 3.27. The van der Waals surface area contributed by atoms with E-state index in [-0.39, 0.29) is 0 Å². The third-order valence-electron chi connectivity index (χ3n) is 4.11. The van der Waals surface area contributed by atoms with E-state index in [4.69, 9.17) is 4.74 Å². The maximum atomic E-state index is 5.28. The Kier molecular flexibility index (Phi) is 4.56. The van der Waals surface area contributed by atoms with Crippen LogP contribution in [0.1, 0.15) is 29.9 Å². The van der Waals surface area contributed by atoms with Crippen LogP contribution < -0.4 is 10.1 Å². The highest BCUT2D eigenvalue weighted by atomic mass is 79.9. The zero-order valence-electron chi connectivity index (χ0n) is 12.1. The molecule has 110 valence electrons. The van der Waals surface area contributed by atoms with Crippen molar-refractivity contribution in [3.05, 3.63) is 58.2 Å². The average Bonchev–Trinajstić information content (AvgIpc) is 2.47. The van der Waals surface area contributed by atoms with Crippen LogP contribution in [0.2, 0.25) is 0 Å². The SMILES string of the molecule is COc1ncccc1CNC1CC(c2ccccc2Br)C1. The lowest BCUT2D eigenvalue weighted by molar-refractivity contribution is 0.286. The molecule has 0 radical (unpaired) electrons. The van der Waals surface area contributed by atoms with Crippen molar-refractivity contribution < 1.29 is 4.74 Å². The van der Waals surface area contributed by atoms with Gasteiger partial charge >= 0.3 is 0 Å². The van der Waals surface area contributed by atoms with Crippen LogP contribution in [0.4, 0.5) is 0 Å². The van der Waals surface area contributed by atoms with Gasteiger partial charge in [0.05, 0.1) is 7.11 Å². The van der Waals surface area contributed by atoms with Crippen molar-refractivity contribution in [3.8, 4) is 5.88 Å². The summed E-state index contributed by atoms with van der Waals surface area (Å²) in [5.41, 5.74) is 2.54. The van der Waals surface area contributed by atoms with Gasteiger partial charge in [0.2, 0.25) is 5.88 Å². The van der Waals surface area contributed by atoms with Crippen molar-refractivity contribution in [2.75, 3.05) is 7.11 Å². The number of aromatic nitrogens is 1. The van der Waals surface area contributed by atoms with Gasteiger partial charge in [0.25, 0.3) is 0 Å². The molecule has 0 amide bonds. The molecule has 1 aromatic carbocycles. The molecule has 1 aromatic heterocycles. The van der Waals surface area contributed by atoms with Gasteiger partial charge in [-0.05, 0) is 36.5 Å². The molecule has 21 heavy (non-hydrogen) atoms. The second-order valence-corrected chi connectivity index (χ2v) is 6.29. The quantitative estimate of drug-likeness (QED) is 0.891. The van der Waals surface area contributed by atoms with E-state index in [1.807, 2.05) is 6.07 Å². The minimum atomic E-state index is 0.576. The molecule has 2 aromatic rings. The fourth-order valence-corrected chi connectivity index (χ4v) is 3.45. The number of rotatable bonds is 5. The first-order valence-electron chi connectivity index (χ1n) is 7.23. The van der Waals surface area contributed by atoms with Gasteiger partial charge in [0.1, 0.15) is 0 Å². The summed E-state index contributed by atoms with van der Waals surface area (Å²) in [6.07, 6.45) is 4.13. The van der Waals surface area contributed by atoms with Crippen LogP contribution in [0.3, 0.4) is 0 Å². The topological polar surface area (TPSA) is 34.1 Å². The van der Waals surface area contributed by atoms with Gasteiger partial charge in [-0.25, -0.2) is 4.98 Å². The smallest absolute Gasteiger partial charge is 0.217 e. The minimum Gasteiger partial charge on any atom is -0.481 e. The Balaban J connectivity index is 1.53. The molecule has 1 fully saturated rings. The van der Waals surface area contributed by atoms with E-state index in [2.05, 4.69) is 56.6 Å². The summed E-state index contributed by atoms with van der Waals surface area (Å²) in [5, 5.41) is 3.59. The van der Waals surface area contributed by atoms with Crippen LogP contribution in [-0.2, 0) is 6.54 Å². The molecule has 1 aliphatic rings. The number of ether oxygens (including phenoxy) is 1. The van der Waals surface area contributed by atoms with Crippen molar-refractivity contribution in [1.82, 2.24) is 10.3 Å². The van der Waals surface area contributed by atoms with Gasteiger partial charge in [-0.2, -0.15) is 0 Å². The second-order valence-electron chi connectivity index (χ2n) is 5.44. The zero-order chi connectivity index (χ0) is 14.7. The Bertz CT molecular complexity index is 611. The average molecular weight is 347 g/mol. The van der Waals surface area contributed by atoms with Crippen LogP contribution in [0.25, 0.3) is 0 Å². The summed E-state index contributed by atoms with van der Waals surface area (Å²) in [4.78, 5) is 4.22. The third-order valence-corrected chi connectivity index (χ3v) is 4.83. The van der Waals surface area contributed by atoms with Gasteiger partial charge in [-0.15, -0.1) is 0 Å². The van der Waals surface area contributed by atoms with Gasteiger partial charge in [0, 0.05) is 28.8 Å². The highest BCUT2D eigenvalue weighted by molar-refractivity contribution is 9.10. The predicted octanol–water partition coefficient (Wildman–Crippen LogP) is 3.89. The maximum Gasteiger partial charge on any atom is 0.217 e. The molecular weight excluding hydrogens is 328 g/mol. The van der Waals surface area contributed by atoms with Gasteiger partial charge in [0.15, 0.2) is 0 Å². The van der Waals surface area contributed by atoms with Crippen LogP contribution in [0.5, 0.6) is 5.88 Å². The van der Waals surface area contributed by atoms with E-state index in [9.17, 15) is 0 Å². The standard InChI is InChI=1S/C17H19BrN2O/c1-21-17-12(5-4-8-19-17)11-20-14-9-13(10-14)15-6-2-3-7-16(15)18/h2-8,13-14,20H,9-11H2,1H3. The first-order chi connectivity index (χ1) is 10.3. The molecule has 0 bridgehead atoms. The summed E-state index contributed by atoms with van der Waals surface area (Å²) in [7, 11) is 1.66. The Hall–Kier alpha value is -1.39. The number of hydrogen-bond donors (Lipinski definition) is 1. The number of hydrogen-bond acceptors (Lipinski definition) is 3. The number of nitrogens with zero attached hydrogens (tertiary/aromatic N) is 1. The highest BCUT2D eigenvalue weighted by Crippen LogP contribution is 2.40. The van der Waals surface area contributed by atoms with E-state index in [0.717, 1.165) is 12.1 Å². The molecule has 4 heteroatoms. The molecule has 3 rings (SSSR count). The van der Waals surface area contributed by atoms with Gasteiger partial charge < -0.3 is 10.1 Å². The monoisotopic (exact) mass is 346 g/mol. The first kappa shape index (κ1) is 14.5. The van der Waals surface area contributed by atoms with Crippen molar-refractivity contribution in [2.24, 2.45) is 0 Å². The van der Waals surface area contributed by atoms with Crippen molar-refractivity contribution in [1.29, 1.82) is 0 Å². The van der Waals surface area contributed by atoms with E-state index in [1.165, 1.54) is 22.9 Å². The first-order valence-corrected chi connectivity index (χ1v) is 8.03. The lowest BCUT2D eigenvalue weighted by Gasteiger charge is -2.37. The summed E-state index contributed by atoms with van der Waals surface area (Å²) in [5.74, 6) is 1.38. The molecule has 0 unspecified atom stereocenters. The molecule has 1 saturated carbocycles. The molecule has 0 atom stereocenters. The van der Waals surface area contributed by atoms with Gasteiger partial charge in [-0.1, -0.05) is 40.2 Å². The summed E-state index contributed by atoms with van der Waals surface area (Å²) >= 11 is 3.64. The number of pyridine rings is 1. The Morgan fingerprint density at radius 3 is 2.81 bits per heavy atom. The molecule has 0 spiro atoms. The summed E-state index contributed by atoms with van der Waals surface area (Å²) < 4.78 is 6.50. The van der Waals surface area contributed by atoms with Gasteiger partial charge in [-0.3, -0.25) is 0 Å². The highest BCUT2D eigenvalue weighted by Gasteiger charge is 2.30. The normalized spacial score (nSPS) is 20.9. The fourth-order valence-electron chi connectivity index (χ4n) is 2.84. The lowest BCUT2D eigenvalue weighted by Crippen LogP contribution is -2.39. The molecule has 1 aliphatic carbocycles. The minimum absolute atomic E-state index is 0.576. The Morgan fingerprint density at radius 2 is 2.05 bits per heavy atom. The number of benzene rings is 1. The molecule has 1 heterocycles. The number of halogens is 1. The van der Waals surface area contributed by atoms with Crippen LogP contribution >= 0.6 is 15.9 Å². The van der Waals surface area contributed by atoms with E-state index in [0.29, 0.717) is 17.8 Å². The number of nitrogens with one attached hydrogen (secondary N) is 1. The molecule has 1 N–H and O–H groups in total. The largest absolute Gasteiger partial charge is 0.481 e. The molecule has 3 nitrogen and oxygen atoms in total. The zero-order valence-corrected chi connectivity index (χ0v) is 13.6. The predicted molar refractivity (Wildman–Crippen MR) is 87.5 cm³/mol. The van der Waals surface area contributed by atoms with Crippen molar-refractivity contribution in [3.63, 3.8) is 0 Å². The second kappa shape index (κ2) is 6.58. The van der Waals surface area contributed by atoms with Crippen molar-refractivity contribution >= 4 is 15.9 Å². The molecule has 0 saturated heterocycles.